The fourth-order valence-electron chi connectivity index (χ4n) is 2.46. The van der Waals surface area contributed by atoms with Crippen LogP contribution in [0.4, 0.5) is 0 Å². The van der Waals surface area contributed by atoms with Gasteiger partial charge in [0.1, 0.15) is 0 Å². The number of aliphatic hydroxyl groups excluding tert-OH is 2. The molecule has 0 aliphatic heterocycles. The number of benzene rings is 1. The second-order valence-electron chi connectivity index (χ2n) is 5.01. The monoisotopic (exact) mass is 312 g/mol. The van der Waals surface area contributed by atoms with Crippen molar-refractivity contribution < 1.29 is 24.5 Å². The van der Waals surface area contributed by atoms with Crippen molar-refractivity contribution in [3.05, 3.63) is 34.4 Å². The number of aliphatic hydroxyl groups is 2. The summed E-state index contributed by atoms with van der Waals surface area (Å²) >= 11 is 0. The molecule has 5 heteroatoms. The zero-order valence-corrected chi connectivity index (χ0v) is 14.1. The number of ether oxygens (including phenoxy) is 2. The van der Waals surface area contributed by atoms with Gasteiger partial charge >= 0.3 is 0 Å². The van der Waals surface area contributed by atoms with E-state index in [1.807, 2.05) is 46.8 Å². The molecule has 0 saturated carbocycles. The van der Waals surface area contributed by atoms with Crippen molar-refractivity contribution in [2.75, 3.05) is 19.8 Å². The number of rotatable bonds is 7. The van der Waals surface area contributed by atoms with Gasteiger partial charge in [-0.3, -0.25) is 4.79 Å². The van der Waals surface area contributed by atoms with E-state index in [1.165, 1.54) is 0 Å². The summed E-state index contributed by atoms with van der Waals surface area (Å²) in [5.74, 6) is -0.610. The average molecular weight is 312 g/mol. The van der Waals surface area contributed by atoms with Gasteiger partial charge in [-0.25, -0.2) is 0 Å². The summed E-state index contributed by atoms with van der Waals surface area (Å²) in [6.07, 6.45) is -1.32. The van der Waals surface area contributed by atoms with Crippen LogP contribution in [0.5, 0.6) is 0 Å². The van der Waals surface area contributed by atoms with Gasteiger partial charge in [-0.15, -0.1) is 0 Å². The molecule has 1 aromatic rings. The molecule has 0 fully saturated rings. The Hall–Kier alpha value is -1.43. The molecule has 1 rings (SSSR count). The summed E-state index contributed by atoms with van der Waals surface area (Å²) in [7, 11) is 0. The smallest absolute Gasteiger partial charge is 0.295 e. The van der Waals surface area contributed by atoms with Crippen molar-refractivity contribution in [2.24, 2.45) is 0 Å². The fourth-order valence-corrected chi connectivity index (χ4v) is 2.46. The van der Waals surface area contributed by atoms with E-state index in [4.69, 9.17) is 4.74 Å². The molecule has 0 amide bonds. The second-order valence-corrected chi connectivity index (χ2v) is 5.01. The normalized spacial score (nSPS) is 12.9. The molecule has 22 heavy (non-hydrogen) atoms. The number of carbonyl (C=O) groups excluding carboxylic acids is 1. The lowest BCUT2D eigenvalue weighted by atomic mass is 9.89. The molecular weight excluding hydrogens is 284 g/mol. The van der Waals surface area contributed by atoms with Crippen LogP contribution in [0, 0.1) is 20.8 Å². The predicted molar refractivity (Wildman–Crippen MR) is 85.8 cm³/mol. The SMILES string of the molecule is CCOCC.Cc1cc(C)c(C(CO)C(O)OC=O)c(C)c1. The standard InChI is InChI=1S/C13H18O4.C4H10O/c1-8-4-9(2)12(10(3)5-8)11(6-14)13(16)17-7-15;1-3-5-4-2/h4-5,7,11,13-14,16H,6H2,1-3H3;3-4H2,1-2H3. The molecule has 0 aliphatic rings. The molecule has 0 radical (unpaired) electrons. The molecule has 1 aromatic carbocycles. The molecule has 0 bridgehead atoms. The highest BCUT2D eigenvalue weighted by atomic mass is 16.6. The van der Waals surface area contributed by atoms with E-state index in [9.17, 15) is 15.0 Å². The van der Waals surface area contributed by atoms with Crippen molar-refractivity contribution in [2.45, 2.75) is 46.8 Å². The number of carbonyl (C=O) groups is 1. The maximum absolute atomic E-state index is 10.2. The molecule has 126 valence electrons. The Morgan fingerprint density at radius 2 is 1.64 bits per heavy atom. The Labute approximate surface area is 132 Å². The largest absolute Gasteiger partial charge is 0.437 e. The van der Waals surface area contributed by atoms with E-state index in [2.05, 4.69) is 4.74 Å². The van der Waals surface area contributed by atoms with Crippen LogP contribution in [0.25, 0.3) is 0 Å². The molecule has 5 nitrogen and oxygen atoms in total. The lowest BCUT2D eigenvalue weighted by Crippen LogP contribution is -2.26. The van der Waals surface area contributed by atoms with Gasteiger partial charge in [-0.2, -0.15) is 0 Å². The Bertz CT molecular complexity index is 420. The van der Waals surface area contributed by atoms with Gasteiger partial charge in [-0.05, 0) is 51.3 Å². The van der Waals surface area contributed by atoms with Crippen LogP contribution >= 0.6 is 0 Å². The zero-order valence-electron chi connectivity index (χ0n) is 14.1. The Morgan fingerprint density at radius 1 is 1.14 bits per heavy atom. The van der Waals surface area contributed by atoms with E-state index in [1.54, 1.807) is 0 Å². The minimum absolute atomic E-state index is 0.187. The molecule has 0 heterocycles. The van der Waals surface area contributed by atoms with Crippen LogP contribution in [-0.2, 0) is 14.3 Å². The van der Waals surface area contributed by atoms with Gasteiger partial charge in [0.25, 0.3) is 6.47 Å². The Kier molecular flexibility index (Phi) is 10.5. The highest BCUT2D eigenvalue weighted by molar-refractivity contribution is 5.42. The lowest BCUT2D eigenvalue weighted by Gasteiger charge is -2.23. The van der Waals surface area contributed by atoms with Crippen molar-refractivity contribution in [3.63, 3.8) is 0 Å². The van der Waals surface area contributed by atoms with Gasteiger partial charge in [0.05, 0.1) is 12.5 Å². The molecule has 2 unspecified atom stereocenters. The molecule has 2 N–H and O–H groups in total. The van der Waals surface area contributed by atoms with Crippen LogP contribution in [0.3, 0.4) is 0 Å². The summed E-state index contributed by atoms with van der Waals surface area (Å²) in [6, 6.07) is 3.94. The predicted octanol–water partition coefficient (Wildman–Crippen LogP) is 2.22. The second kappa shape index (κ2) is 11.2. The van der Waals surface area contributed by atoms with Gasteiger partial charge < -0.3 is 19.7 Å². The Morgan fingerprint density at radius 3 is 1.95 bits per heavy atom. The first-order chi connectivity index (χ1) is 10.4. The van der Waals surface area contributed by atoms with Crippen LogP contribution in [-0.4, -0.2) is 42.8 Å². The minimum atomic E-state index is -1.32. The number of aryl methyl sites for hydroxylation is 3. The average Bonchev–Trinajstić information content (AvgIpc) is 2.44. The van der Waals surface area contributed by atoms with Crippen molar-refractivity contribution in [3.8, 4) is 0 Å². The zero-order chi connectivity index (χ0) is 17.1. The quantitative estimate of drug-likeness (QED) is 0.596. The number of hydrogen-bond donors (Lipinski definition) is 2. The molecular formula is C17H28O5. The van der Waals surface area contributed by atoms with Crippen LogP contribution in [0.2, 0.25) is 0 Å². The minimum Gasteiger partial charge on any atom is -0.437 e. The molecule has 0 spiro atoms. The third kappa shape index (κ3) is 6.56. The number of hydrogen-bond acceptors (Lipinski definition) is 5. The van der Waals surface area contributed by atoms with E-state index >= 15 is 0 Å². The van der Waals surface area contributed by atoms with E-state index in [0.717, 1.165) is 35.5 Å². The van der Waals surface area contributed by atoms with Gasteiger partial charge in [-0.1, -0.05) is 17.7 Å². The maximum Gasteiger partial charge on any atom is 0.295 e. The van der Waals surface area contributed by atoms with E-state index < -0.39 is 12.2 Å². The topological polar surface area (TPSA) is 76.0 Å². The highest BCUT2D eigenvalue weighted by Gasteiger charge is 2.24. The summed E-state index contributed by atoms with van der Waals surface area (Å²) < 4.78 is 9.34. The van der Waals surface area contributed by atoms with Crippen molar-refractivity contribution in [1.82, 2.24) is 0 Å². The van der Waals surface area contributed by atoms with Crippen LogP contribution in [0.1, 0.15) is 42.0 Å². The lowest BCUT2D eigenvalue weighted by molar-refractivity contribution is -0.157. The van der Waals surface area contributed by atoms with E-state index in [-0.39, 0.29) is 13.1 Å². The molecule has 2 atom stereocenters. The third-order valence-corrected chi connectivity index (χ3v) is 3.25. The first-order valence-electron chi connectivity index (χ1n) is 7.46. The molecule has 0 aliphatic carbocycles. The van der Waals surface area contributed by atoms with Crippen LogP contribution < -0.4 is 0 Å². The first kappa shape index (κ1) is 20.6. The maximum atomic E-state index is 10.2. The van der Waals surface area contributed by atoms with Crippen molar-refractivity contribution in [1.29, 1.82) is 0 Å². The first-order valence-corrected chi connectivity index (χ1v) is 7.46. The third-order valence-electron chi connectivity index (χ3n) is 3.25. The summed E-state index contributed by atoms with van der Waals surface area (Å²) in [6.45, 7) is 11.4. The summed E-state index contributed by atoms with van der Waals surface area (Å²) in [4.78, 5) is 10.2. The van der Waals surface area contributed by atoms with Gasteiger partial charge in [0, 0.05) is 13.2 Å². The molecule has 0 aromatic heterocycles. The van der Waals surface area contributed by atoms with Gasteiger partial charge in [0.2, 0.25) is 6.29 Å². The highest BCUT2D eigenvalue weighted by Crippen LogP contribution is 2.27. The van der Waals surface area contributed by atoms with Crippen molar-refractivity contribution >= 4 is 6.47 Å². The van der Waals surface area contributed by atoms with Crippen LogP contribution in [0.15, 0.2) is 12.1 Å². The van der Waals surface area contributed by atoms with E-state index in [0.29, 0.717) is 0 Å². The molecule has 0 saturated heterocycles. The van der Waals surface area contributed by atoms with Gasteiger partial charge in [0.15, 0.2) is 0 Å². The Balaban J connectivity index is 0.000000763. The summed E-state index contributed by atoms with van der Waals surface area (Å²) in [5.41, 5.74) is 3.88. The fraction of sp³-hybridized carbons (Fsp3) is 0.588. The summed E-state index contributed by atoms with van der Waals surface area (Å²) in [5, 5.41) is 19.0.